The van der Waals surface area contributed by atoms with Crippen molar-refractivity contribution in [1.82, 2.24) is 15.5 Å². The summed E-state index contributed by atoms with van der Waals surface area (Å²) in [6.07, 6.45) is 1.24. The van der Waals surface area contributed by atoms with Crippen molar-refractivity contribution in [3.8, 4) is 0 Å². The first-order valence-electron chi connectivity index (χ1n) is 5.19. The highest BCUT2D eigenvalue weighted by Gasteiger charge is 2.17. The fourth-order valence-electron chi connectivity index (χ4n) is 2.19. The summed E-state index contributed by atoms with van der Waals surface area (Å²) in [6.45, 7) is 2.23. The average Bonchev–Trinajstić information content (AvgIpc) is 2.88. The van der Waals surface area contributed by atoms with Crippen LogP contribution in [0.25, 0.3) is 10.9 Å². The van der Waals surface area contributed by atoms with E-state index in [1.54, 1.807) is 0 Å². The summed E-state index contributed by atoms with van der Waals surface area (Å²) in [5.74, 6) is 0.663. The fourth-order valence-corrected chi connectivity index (χ4v) is 2.60. The number of nitrogens with one attached hydrogen (secondary N) is 2. The van der Waals surface area contributed by atoms with E-state index in [1.807, 2.05) is 0 Å². The minimum atomic E-state index is 0.663. The zero-order valence-corrected chi connectivity index (χ0v) is 9.84. The predicted molar refractivity (Wildman–Crippen MR) is 64.0 cm³/mol. The number of aromatic nitrogens is 2. The third-order valence-electron chi connectivity index (χ3n) is 3.06. The van der Waals surface area contributed by atoms with Gasteiger partial charge in [-0.3, -0.25) is 5.10 Å². The maximum atomic E-state index is 4.20. The van der Waals surface area contributed by atoms with E-state index in [2.05, 4.69) is 49.6 Å². The third kappa shape index (κ3) is 1.58. The van der Waals surface area contributed by atoms with Crippen LogP contribution in [0.4, 0.5) is 0 Å². The van der Waals surface area contributed by atoms with Crippen LogP contribution in [0.5, 0.6) is 0 Å². The second-order valence-corrected chi connectivity index (χ2v) is 4.80. The van der Waals surface area contributed by atoms with Crippen LogP contribution in [0, 0.1) is 0 Å². The zero-order valence-electron chi connectivity index (χ0n) is 8.26. The molecule has 0 amide bonds. The van der Waals surface area contributed by atoms with E-state index in [9.17, 15) is 0 Å². The van der Waals surface area contributed by atoms with E-state index in [0.29, 0.717) is 5.92 Å². The molecule has 0 bridgehead atoms. The van der Waals surface area contributed by atoms with Crippen molar-refractivity contribution in [2.75, 3.05) is 13.1 Å². The Kier molecular flexibility index (Phi) is 2.25. The van der Waals surface area contributed by atoms with E-state index in [-0.39, 0.29) is 0 Å². The number of hydrogen-bond acceptors (Lipinski definition) is 2. The van der Waals surface area contributed by atoms with Crippen LogP contribution in [-0.2, 0) is 0 Å². The van der Waals surface area contributed by atoms with Crippen LogP contribution in [0.1, 0.15) is 17.9 Å². The molecule has 4 heteroatoms. The van der Waals surface area contributed by atoms with Crippen molar-refractivity contribution in [3.63, 3.8) is 0 Å². The maximum Gasteiger partial charge on any atom is 0.108 e. The molecule has 78 valence electrons. The molecule has 1 aliphatic rings. The van der Waals surface area contributed by atoms with Crippen LogP contribution in [0.2, 0.25) is 0 Å². The SMILES string of the molecule is Brc1[nH]nc2ccc(C3CCNC3)cc12. The Labute approximate surface area is 96.4 Å². The first-order chi connectivity index (χ1) is 7.34. The Bertz CT molecular complexity index is 486. The summed E-state index contributed by atoms with van der Waals surface area (Å²) in [7, 11) is 0. The molecule has 1 unspecified atom stereocenters. The predicted octanol–water partition coefficient (Wildman–Crippen LogP) is 2.40. The van der Waals surface area contributed by atoms with E-state index >= 15 is 0 Å². The number of benzene rings is 1. The summed E-state index contributed by atoms with van der Waals surface area (Å²) in [6, 6.07) is 6.51. The molecule has 2 aromatic rings. The first-order valence-corrected chi connectivity index (χ1v) is 5.98. The molecule has 0 spiro atoms. The van der Waals surface area contributed by atoms with Crippen LogP contribution in [0.15, 0.2) is 22.8 Å². The number of rotatable bonds is 1. The Balaban J connectivity index is 2.08. The van der Waals surface area contributed by atoms with Crippen LogP contribution in [0.3, 0.4) is 0 Å². The molecular formula is C11H12BrN3. The van der Waals surface area contributed by atoms with Gasteiger partial charge in [-0.25, -0.2) is 0 Å². The number of fused-ring (bicyclic) bond motifs is 1. The van der Waals surface area contributed by atoms with Gasteiger partial charge in [0.05, 0.1) is 5.52 Å². The Morgan fingerprint density at radius 2 is 2.33 bits per heavy atom. The highest BCUT2D eigenvalue weighted by atomic mass is 79.9. The van der Waals surface area contributed by atoms with Gasteiger partial charge in [0.1, 0.15) is 4.60 Å². The summed E-state index contributed by atoms with van der Waals surface area (Å²) in [4.78, 5) is 0. The molecule has 2 N–H and O–H groups in total. The molecule has 1 atom stereocenters. The molecule has 0 aliphatic carbocycles. The van der Waals surface area contributed by atoms with Crippen molar-refractivity contribution in [1.29, 1.82) is 0 Å². The Hall–Kier alpha value is -0.870. The van der Waals surface area contributed by atoms with Crippen LogP contribution in [-0.4, -0.2) is 23.3 Å². The van der Waals surface area contributed by atoms with E-state index in [0.717, 1.165) is 23.2 Å². The van der Waals surface area contributed by atoms with Crippen molar-refractivity contribution in [2.24, 2.45) is 0 Å². The number of nitrogens with zero attached hydrogens (tertiary/aromatic N) is 1. The van der Waals surface area contributed by atoms with Gasteiger partial charge in [-0.15, -0.1) is 0 Å². The number of hydrogen-bond donors (Lipinski definition) is 2. The van der Waals surface area contributed by atoms with Gasteiger partial charge in [0.25, 0.3) is 0 Å². The number of aromatic amines is 1. The number of halogens is 1. The lowest BCUT2D eigenvalue weighted by molar-refractivity contribution is 0.764. The molecule has 3 rings (SSSR count). The monoisotopic (exact) mass is 265 g/mol. The second kappa shape index (κ2) is 3.61. The van der Waals surface area contributed by atoms with E-state index in [4.69, 9.17) is 0 Å². The molecule has 1 fully saturated rings. The average molecular weight is 266 g/mol. The minimum Gasteiger partial charge on any atom is -0.316 e. The summed E-state index contributed by atoms with van der Waals surface area (Å²) < 4.78 is 0.977. The highest BCUT2D eigenvalue weighted by molar-refractivity contribution is 9.10. The zero-order chi connectivity index (χ0) is 10.3. The van der Waals surface area contributed by atoms with Crippen molar-refractivity contribution in [2.45, 2.75) is 12.3 Å². The smallest absolute Gasteiger partial charge is 0.108 e. The minimum absolute atomic E-state index is 0.663. The lowest BCUT2D eigenvalue weighted by Crippen LogP contribution is -2.07. The molecule has 3 nitrogen and oxygen atoms in total. The van der Waals surface area contributed by atoms with Crippen LogP contribution < -0.4 is 5.32 Å². The van der Waals surface area contributed by atoms with Gasteiger partial charge in [0.15, 0.2) is 0 Å². The van der Waals surface area contributed by atoms with Gasteiger partial charge in [-0.1, -0.05) is 6.07 Å². The quantitative estimate of drug-likeness (QED) is 0.832. The molecule has 1 aliphatic heterocycles. The number of H-pyrrole nitrogens is 1. The second-order valence-electron chi connectivity index (χ2n) is 4.00. The molecule has 0 radical (unpaired) electrons. The molecule has 1 saturated heterocycles. The summed E-state index contributed by atoms with van der Waals surface area (Å²) in [5.41, 5.74) is 2.44. The van der Waals surface area contributed by atoms with E-state index in [1.165, 1.54) is 17.4 Å². The fraction of sp³-hybridized carbons (Fsp3) is 0.364. The van der Waals surface area contributed by atoms with E-state index < -0.39 is 0 Å². The van der Waals surface area contributed by atoms with Gasteiger partial charge in [-0.2, -0.15) is 5.10 Å². The van der Waals surface area contributed by atoms with Gasteiger partial charge in [0.2, 0.25) is 0 Å². The molecule has 0 saturated carbocycles. The van der Waals surface area contributed by atoms with Crippen LogP contribution >= 0.6 is 15.9 Å². The van der Waals surface area contributed by atoms with Crippen molar-refractivity contribution in [3.05, 3.63) is 28.4 Å². The standard InChI is InChI=1S/C11H12BrN3/c12-11-9-5-7(8-3-4-13-6-8)1-2-10(9)14-15-11/h1-2,5,8,13H,3-4,6H2,(H,14,15). The molecular weight excluding hydrogens is 254 g/mol. The molecule has 1 aromatic carbocycles. The topological polar surface area (TPSA) is 40.7 Å². The highest BCUT2D eigenvalue weighted by Crippen LogP contribution is 2.28. The lowest BCUT2D eigenvalue weighted by Gasteiger charge is -2.08. The van der Waals surface area contributed by atoms with Gasteiger partial charge < -0.3 is 5.32 Å². The first kappa shape index (κ1) is 9.36. The summed E-state index contributed by atoms with van der Waals surface area (Å²) in [5, 5.41) is 11.7. The van der Waals surface area contributed by atoms with Gasteiger partial charge >= 0.3 is 0 Å². The largest absolute Gasteiger partial charge is 0.316 e. The van der Waals surface area contributed by atoms with Gasteiger partial charge in [0, 0.05) is 11.9 Å². The molecule has 15 heavy (non-hydrogen) atoms. The van der Waals surface area contributed by atoms with Crippen molar-refractivity contribution >= 4 is 26.8 Å². The molecule has 2 heterocycles. The maximum absolute atomic E-state index is 4.20. The lowest BCUT2D eigenvalue weighted by atomic mass is 9.97. The normalized spacial score (nSPS) is 21.3. The third-order valence-corrected chi connectivity index (χ3v) is 3.67. The Morgan fingerprint density at radius 3 is 3.13 bits per heavy atom. The summed E-state index contributed by atoms with van der Waals surface area (Å²) >= 11 is 3.48. The van der Waals surface area contributed by atoms with Crippen molar-refractivity contribution < 1.29 is 0 Å². The molecule has 1 aromatic heterocycles. The van der Waals surface area contributed by atoms with Gasteiger partial charge in [-0.05, 0) is 52.5 Å². The Morgan fingerprint density at radius 1 is 1.40 bits per heavy atom.